The van der Waals surface area contributed by atoms with E-state index in [-0.39, 0.29) is 0 Å². The van der Waals surface area contributed by atoms with E-state index in [1.54, 1.807) is 6.07 Å². The molecule has 1 nitrogen and oxygen atoms in total. The van der Waals surface area contributed by atoms with E-state index in [2.05, 4.69) is 61.5 Å². The topological polar surface area (TPSA) is 20.2 Å². The molecule has 0 atom stereocenters. The molecule has 1 N–H and O–H groups in total. The predicted molar refractivity (Wildman–Crippen MR) is 106 cm³/mol. The summed E-state index contributed by atoms with van der Waals surface area (Å²) < 4.78 is 0. The molecule has 0 saturated carbocycles. The van der Waals surface area contributed by atoms with Gasteiger partial charge in [0.05, 0.1) is 0 Å². The van der Waals surface area contributed by atoms with Gasteiger partial charge in [-0.25, -0.2) is 0 Å². The van der Waals surface area contributed by atoms with E-state index in [4.69, 9.17) is 0 Å². The number of rotatable bonds is 4. The molecule has 0 aliphatic rings. The minimum absolute atomic E-state index is 0.322. The maximum absolute atomic E-state index is 9.89. The number of phenolic OH excluding ortho intramolecular Hbond substituents is 1. The first kappa shape index (κ1) is 15.7. The summed E-state index contributed by atoms with van der Waals surface area (Å²) in [6, 6.07) is 25.3. The fourth-order valence-electron chi connectivity index (χ4n) is 3.67. The van der Waals surface area contributed by atoms with Crippen LogP contribution in [0.4, 0.5) is 0 Å². The van der Waals surface area contributed by atoms with Crippen molar-refractivity contribution in [2.45, 2.75) is 26.2 Å². The Hall–Kier alpha value is -2.80. The van der Waals surface area contributed by atoms with Crippen LogP contribution in [0.3, 0.4) is 0 Å². The number of benzene rings is 4. The molecule has 0 bridgehead atoms. The number of aromatic hydroxyl groups is 1. The SMILES string of the molecule is CCCc1ccc2cccc(Cc3cccc4ccc(O)cc34)c2c1. The third kappa shape index (κ3) is 3.10. The molecule has 0 aliphatic heterocycles. The van der Waals surface area contributed by atoms with Crippen molar-refractivity contribution in [3.8, 4) is 5.75 Å². The molecule has 0 unspecified atom stereocenters. The van der Waals surface area contributed by atoms with E-state index < -0.39 is 0 Å². The molecule has 124 valence electrons. The van der Waals surface area contributed by atoms with Crippen LogP contribution in [0, 0.1) is 0 Å². The van der Waals surface area contributed by atoms with Crippen LogP contribution >= 0.6 is 0 Å². The molecule has 0 amide bonds. The summed E-state index contributed by atoms with van der Waals surface area (Å²) in [5.41, 5.74) is 3.99. The fraction of sp³-hybridized carbons (Fsp3) is 0.167. The second-order valence-corrected chi connectivity index (χ2v) is 6.72. The second-order valence-electron chi connectivity index (χ2n) is 6.72. The summed E-state index contributed by atoms with van der Waals surface area (Å²) in [7, 11) is 0. The number of hydrogen-bond donors (Lipinski definition) is 1. The van der Waals surface area contributed by atoms with Gasteiger partial charge in [-0.3, -0.25) is 0 Å². The zero-order valence-corrected chi connectivity index (χ0v) is 14.5. The molecule has 0 fully saturated rings. The van der Waals surface area contributed by atoms with E-state index in [1.807, 2.05) is 12.1 Å². The standard InChI is InChI=1S/C24H22O/c1-2-5-17-10-11-18-6-3-8-20(23(18)14-17)15-21-9-4-7-19-12-13-22(25)16-24(19)21/h3-4,6-14,16,25H,2,5,15H2,1H3. The molecular formula is C24H22O. The number of hydrogen-bond acceptors (Lipinski definition) is 1. The lowest BCUT2D eigenvalue weighted by Gasteiger charge is -2.11. The summed E-state index contributed by atoms with van der Waals surface area (Å²) in [5.74, 6) is 0.322. The van der Waals surface area contributed by atoms with Crippen LogP contribution in [0.5, 0.6) is 5.75 Å². The van der Waals surface area contributed by atoms with Crippen LogP contribution in [-0.2, 0) is 12.8 Å². The number of aryl methyl sites for hydroxylation is 1. The highest BCUT2D eigenvalue weighted by Crippen LogP contribution is 2.28. The molecule has 25 heavy (non-hydrogen) atoms. The highest BCUT2D eigenvalue weighted by molar-refractivity contribution is 5.90. The average Bonchev–Trinajstić information content (AvgIpc) is 2.63. The number of fused-ring (bicyclic) bond motifs is 2. The van der Waals surface area contributed by atoms with Crippen molar-refractivity contribution < 1.29 is 5.11 Å². The largest absolute Gasteiger partial charge is 0.508 e. The molecule has 0 radical (unpaired) electrons. The highest BCUT2D eigenvalue weighted by atomic mass is 16.3. The molecule has 4 aromatic carbocycles. The van der Waals surface area contributed by atoms with Crippen LogP contribution in [0.25, 0.3) is 21.5 Å². The lowest BCUT2D eigenvalue weighted by Crippen LogP contribution is -1.93. The zero-order valence-electron chi connectivity index (χ0n) is 14.5. The Bertz CT molecular complexity index is 1050. The maximum Gasteiger partial charge on any atom is 0.116 e. The highest BCUT2D eigenvalue weighted by Gasteiger charge is 2.07. The quantitative estimate of drug-likeness (QED) is 0.470. The average molecular weight is 326 g/mol. The van der Waals surface area contributed by atoms with Crippen molar-refractivity contribution in [1.29, 1.82) is 0 Å². The second kappa shape index (κ2) is 6.60. The Balaban J connectivity index is 1.83. The van der Waals surface area contributed by atoms with Gasteiger partial charge in [-0.1, -0.05) is 74.0 Å². The lowest BCUT2D eigenvalue weighted by molar-refractivity contribution is 0.476. The smallest absolute Gasteiger partial charge is 0.116 e. The minimum atomic E-state index is 0.322. The van der Waals surface area contributed by atoms with Crippen LogP contribution in [0.15, 0.2) is 72.8 Å². The van der Waals surface area contributed by atoms with Crippen LogP contribution in [0.2, 0.25) is 0 Å². The third-order valence-electron chi connectivity index (χ3n) is 4.91. The third-order valence-corrected chi connectivity index (χ3v) is 4.91. The van der Waals surface area contributed by atoms with Gasteiger partial charge in [0.1, 0.15) is 5.75 Å². The van der Waals surface area contributed by atoms with Gasteiger partial charge in [0.2, 0.25) is 0 Å². The van der Waals surface area contributed by atoms with Crippen LogP contribution < -0.4 is 0 Å². The Kier molecular flexibility index (Phi) is 4.15. The first-order valence-corrected chi connectivity index (χ1v) is 8.96. The van der Waals surface area contributed by atoms with Crippen LogP contribution in [-0.4, -0.2) is 5.11 Å². The Morgan fingerprint density at radius 1 is 0.720 bits per heavy atom. The van der Waals surface area contributed by atoms with Crippen molar-refractivity contribution >= 4 is 21.5 Å². The van der Waals surface area contributed by atoms with Gasteiger partial charge in [0.15, 0.2) is 0 Å². The molecule has 0 spiro atoms. The molecular weight excluding hydrogens is 304 g/mol. The minimum Gasteiger partial charge on any atom is -0.508 e. The molecule has 4 aromatic rings. The van der Waals surface area contributed by atoms with E-state index >= 15 is 0 Å². The first-order valence-electron chi connectivity index (χ1n) is 8.96. The van der Waals surface area contributed by atoms with Gasteiger partial charge in [0.25, 0.3) is 0 Å². The van der Waals surface area contributed by atoms with E-state index in [9.17, 15) is 5.11 Å². The summed E-state index contributed by atoms with van der Waals surface area (Å²) in [6.07, 6.45) is 3.15. The van der Waals surface area contributed by atoms with E-state index in [1.165, 1.54) is 32.8 Å². The predicted octanol–water partition coefficient (Wildman–Crippen LogP) is 6.24. The van der Waals surface area contributed by atoms with Crippen molar-refractivity contribution in [2.75, 3.05) is 0 Å². The fourth-order valence-corrected chi connectivity index (χ4v) is 3.67. The Morgan fingerprint density at radius 3 is 2.04 bits per heavy atom. The van der Waals surface area contributed by atoms with E-state index in [0.717, 1.165) is 24.6 Å². The normalized spacial score (nSPS) is 11.2. The monoisotopic (exact) mass is 326 g/mol. The zero-order chi connectivity index (χ0) is 17.2. The Morgan fingerprint density at radius 2 is 1.36 bits per heavy atom. The van der Waals surface area contributed by atoms with Gasteiger partial charge in [-0.15, -0.1) is 0 Å². The Labute approximate surface area is 148 Å². The van der Waals surface area contributed by atoms with Gasteiger partial charge >= 0.3 is 0 Å². The molecule has 0 saturated heterocycles. The molecule has 0 aromatic heterocycles. The summed E-state index contributed by atoms with van der Waals surface area (Å²) in [6.45, 7) is 2.22. The molecule has 0 heterocycles. The van der Waals surface area contributed by atoms with Crippen molar-refractivity contribution in [3.05, 3.63) is 89.5 Å². The van der Waals surface area contributed by atoms with Crippen molar-refractivity contribution in [2.24, 2.45) is 0 Å². The summed E-state index contributed by atoms with van der Waals surface area (Å²) in [4.78, 5) is 0. The van der Waals surface area contributed by atoms with Crippen molar-refractivity contribution in [1.82, 2.24) is 0 Å². The lowest BCUT2D eigenvalue weighted by atomic mass is 9.93. The number of phenols is 1. The van der Waals surface area contributed by atoms with Crippen LogP contribution in [0.1, 0.15) is 30.0 Å². The van der Waals surface area contributed by atoms with Gasteiger partial charge < -0.3 is 5.11 Å². The first-order chi connectivity index (χ1) is 12.2. The van der Waals surface area contributed by atoms with E-state index in [0.29, 0.717) is 5.75 Å². The summed E-state index contributed by atoms with van der Waals surface area (Å²) >= 11 is 0. The maximum atomic E-state index is 9.89. The van der Waals surface area contributed by atoms with Gasteiger partial charge in [0, 0.05) is 0 Å². The van der Waals surface area contributed by atoms with Crippen molar-refractivity contribution in [3.63, 3.8) is 0 Å². The summed E-state index contributed by atoms with van der Waals surface area (Å²) in [5, 5.41) is 14.8. The van der Waals surface area contributed by atoms with Gasteiger partial charge in [-0.2, -0.15) is 0 Å². The molecule has 4 rings (SSSR count). The van der Waals surface area contributed by atoms with Gasteiger partial charge in [-0.05, 0) is 63.2 Å². The molecule has 0 aliphatic carbocycles. The molecule has 1 heteroatoms.